The standard InChI is InChI=1S/C19H22N2O5/c1-3-24-16-11-10-14(12-17(16)25-4-2)20-19(23)21-18(22)13-26-15-8-6-5-7-9-15/h5-12H,3-4,13H2,1-2H3,(H2,20,21,22,23). The van der Waals surface area contributed by atoms with Crippen LogP contribution in [-0.4, -0.2) is 31.8 Å². The van der Waals surface area contributed by atoms with Crippen molar-refractivity contribution in [2.75, 3.05) is 25.1 Å². The summed E-state index contributed by atoms with van der Waals surface area (Å²) in [5.41, 5.74) is 0.478. The highest BCUT2D eigenvalue weighted by molar-refractivity contribution is 6.01. The molecule has 0 atom stereocenters. The van der Waals surface area contributed by atoms with Gasteiger partial charge in [-0.3, -0.25) is 10.1 Å². The van der Waals surface area contributed by atoms with E-state index in [1.807, 2.05) is 19.9 Å². The number of carbonyl (C=O) groups is 2. The molecule has 0 aliphatic rings. The zero-order chi connectivity index (χ0) is 18.8. The minimum absolute atomic E-state index is 0.259. The number of carbonyl (C=O) groups excluding carboxylic acids is 2. The summed E-state index contributed by atoms with van der Waals surface area (Å²) in [7, 11) is 0. The van der Waals surface area contributed by atoms with Crippen molar-refractivity contribution in [3.8, 4) is 17.2 Å². The average molecular weight is 358 g/mol. The summed E-state index contributed by atoms with van der Waals surface area (Å²) in [4.78, 5) is 23.7. The number of rotatable bonds is 8. The van der Waals surface area contributed by atoms with Gasteiger partial charge in [0.1, 0.15) is 5.75 Å². The van der Waals surface area contributed by atoms with Gasteiger partial charge in [-0.25, -0.2) is 4.79 Å². The Kier molecular flexibility index (Phi) is 7.30. The van der Waals surface area contributed by atoms with Crippen molar-refractivity contribution < 1.29 is 23.8 Å². The van der Waals surface area contributed by atoms with Crippen molar-refractivity contribution in [3.63, 3.8) is 0 Å². The van der Waals surface area contributed by atoms with Gasteiger partial charge in [-0.2, -0.15) is 0 Å². The summed E-state index contributed by atoms with van der Waals surface area (Å²) in [5, 5.41) is 4.78. The predicted octanol–water partition coefficient (Wildman–Crippen LogP) is 3.21. The molecule has 2 aromatic carbocycles. The molecule has 7 nitrogen and oxygen atoms in total. The minimum Gasteiger partial charge on any atom is -0.490 e. The van der Waals surface area contributed by atoms with Gasteiger partial charge < -0.3 is 19.5 Å². The van der Waals surface area contributed by atoms with Crippen LogP contribution in [-0.2, 0) is 4.79 Å². The fourth-order valence-corrected chi connectivity index (χ4v) is 2.12. The Morgan fingerprint density at radius 1 is 0.885 bits per heavy atom. The Bertz CT molecular complexity index is 734. The van der Waals surface area contributed by atoms with Gasteiger partial charge in [0.15, 0.2) is 18.1 Å². The highest BCUT2D eigenvalue weighted by Crippen LogP contribution is 2.30. The lowest BCUT2D eigenvalue weighted by Gasteiger charge is -2.13. The Morgan fingerprint density at radius 3 is 2.27 bits per heavy atom. The van der Waals surface area contributed by atoms with Crippen LogP contribution in [0.4, 0.5) is 10.5 Å². The molecular weight excluding hydrogens is 336 g/mol. The Hall–Kier alpha value is -3.22. The number of urea groups is 1. The first kappa shape index (κ1) is 19.1. The van der Waals surface area contributed by atoms with E-state index < -0.39 is 11.9 Å². The first-order valence-corrected chi connectivity index (χ1v) is 8.30. The molecule has 2 N–H and O–H groups in total. The zero-order valence-corrected chi connectivity index (χ0v) is 14.8. The van der Waals surface area contributed by atoms with Crippen LogP contribution in [0.1, 0.15) is 13.8 Å². The van der Waals surface area contributed by atoms with E-state index in [4.69, 9.17) is 14.2 Å². The molecule has 0 unspecified atom stereocenters. The fourth-order valence-electron chi connectivity index (χ4n) is 2.12. The van der Waals surface area contributed by atoms with Crippen molar-refractivity contribution >= 4 is 17.6 Å². The molecule has 0 aromatic heterocycles. The molecule has 0 saturated heterocycles. The second kappa shape index (κ2) is 9.93. The highest BCUT2D eigenvalue weighted by atomic mass is 16.5. The Balaban J connectivity index is 1.88. The fraction of sp³-hybridized carbons (Fsp3) is 0.263. The average Bonchev–Trinajstić information content (AvgIpc) is 2.63. The van der Waals surface area contributed by atoms with E-state index in [0.717, 1.165) is 0 Å². The van der Waals surface area contributed by atoms with Gasteiger partial charge in [0, 0.05) is 11.8 Å². The SMILES string of the molecule is CCOc1ccc(NC(=O)NC(=O)COc2ccccc2)cc1OCC. The maximum Gasteiger partial charge on any atom is 0.325 e. The zero-order valence-electron chi connectivity index (χ0n) is 14.8. The molecular formula is C19H22N2O5. The molecule has 138 valence electrons. The molecule has 0 bridgehead atoms. The van der Waals surface area contributed by atoms with E-state index in [-0.39, 0.29) is 6.61 Å². The van der Waals surface area contributed by atoms with Gasteiger partial charge in [0.25, 0.3) is 5.91 Å². The number of amides is 3. The van der Waals surface area contributed by atoms with E-state index in [2.05, 4.69) is 10.6 Å². The lowest BCUT2D eigenvalue weighted by atomic mass is 10.2. The lowest BCUT2D eigenvalue weighted by Crippen LogP contribution is -2.37. The number of ether oxygens (including phenoxy) is 3. The van der Waals surface area contributed by atoms with Gasteiger partial charge in [0.2, 0.25) is 0 Å². The smallest absolute Gasteiger partial charge is 0.325 e. The largest absolute Gasteiger partial charge is 0.490 e. The molecule has 0 aliphatic carbocycles. The first-order chi connectivity index (χ1) is 12.6. The number of anilines is 1. The van der Waals surface area contributed by atoms with Crippen LogP contribution in [0.2, 0.25) is 0 Å². The number of nitrogens with one attached hydrogen (secondary N) is 2. The third-order valence-electron chi connectivity index (χ3n) is 3.17. The third-order valence-corrected chi connectivity index (χ3v) is 3.17. The van der Waals surface area contributed by atoms with Crippen molar-refractivity contribution in [2.24, 2.45) is 0 Å². The van der Waals surface area contributed by atoms with Crippen molar-refractivity contribution in [3.05, 3.63) is 48.5 Å². The minimum atomic E-state index is -0.654. The predicted molar refractivity (Wildman–Crippen MR) is 97.9 cm³/mol. The molecule has 3 amide bonds. The Morgan fingerprint density at radius 2 is 1.58 bits per heavy atom. The number of hydrogen-bond acceptors (Lipinski definition) is 5. The topological polar surface area (TPSA) is 85.9 Å². The molecule has 0 fully saturated rings. The first-order valence-electron chi connectivity index (χ1n) is 8.30. The van der Waals surface area contributed by atoms with Gasteiger partial charge in [0.05, 0.1) is 13.2 Å². The van der Waals surface area contributed by atoms with Crippen LogP contribution < -0.4 is 24.8 Å². The second-order valence-corrected chi connectivity index (χ2v) is 5.13. The van der Waals surface area contributed by atoms with Crippen LogP contribution in [0.3, 0.4) is 0 Å². The number of benzene rings is 2. The summed E-state index contributed by atoms with van der Waals surface area (Å²) in [6.07, 6.45) is 0. The number of hydrogen-bond donors (Lipinski definition) is 2. The molecule has 0 aliphatic heterocycles. The van der Waals surface area contributed by atoms with E-state index in [1.54, 1.807) is 42.5 Å². The van der Waals surface area contributed by atoms with E-state index in [1.165, 1.54) is 0 Å². The van der Waals surface area contributed by atoms with Crippen molar-refractivity contribution in [1.82, 2.24) is 5.32 Å². The lowest BCUT2D eigenvalue weighted by molar-refractivity contribution is -0.121. The van der Waals surface area contributed by atoms with Crippen LogP contribution in [0, 0.1) is 0 Å². The summed E-state index contributed by atoms with van der Waals surface area (Å²) in [6.45, 7) is 4.44. The molecule has 2 aromatic rings. The molecule has 0 radical (unpaired) electrons. The molecule has 7 heteroatoms. The van der Waals surface area contributed by atoms with Crippen LogP contribution >= 0.6 is 0 Å². The molecule has 0 heterocycles. The van der Waals surface area contributed by atoms with Gasteiger partial charge in [-0.1, -0.05) is 18.2 Å². The molecule has 26 heavy (non-hydrogen) atoms. The monoisotopic (exact) mass is 358 g/mol. The quantitative estimate of drug-likeness (QED) is 0.757. The summed E-state index contributed by atoms with van der Waals surface area (Å²) < 4.78 is 16.2. The second-order valence-electron chi connectivity index (χ2n) is 5.13. The van der Waals surface area contributed by atoms with Crippen LogP contribution in [0.25, 0.3) is 0 Å². The van der Waals surface area contributed by atoms with Crippen molar-refractivity contribution in [1.29, 1.82) is 0 Å². The summed E-state index contributed by atoms with van der Waals surface area (Å²) >= 11 is 0. The third kappa shape index (κ3) is 6.01. The van der Waals surface area contributed by atoms with E-state index in [0.29, 0.717) is 36.1 Å². The summed E-state index contributed by atoms with van der Waals surface area (Å²) in [6, 6.07) is 13.2. The molecule has 0 saturated carbocycles. The van der Waals surface area contributed by atoms with Gasteiger partial charge in [-0.05, 0) is 38.1 Å². The van der Waals surface area contributed by atoms with E-state index >= 15 is 0 Å². The Labute approximate surface area is 152 Å². The summed E-state index contributed by atoms with van der Waals surface area (Å²) in [5.74, 6) is 1.11. The van der Waals surface area contributed by atoms with Crippen molar-refractivity contribution in [2.45, 2.75) is 13.8 Å². The normalized spacial score (nSPS) is 9.92. The molecule has 0 spiro atoms. The van der Waals surface area contributed by atoms with Gasteiger partial charge in [-0.15, -0.1) is 0 Å². The number of para-hydroxylation sites is 1. The van der Waals surface area contributed by atoms with E-state index in [9.17, 15) is 9.59 Å². The molecule has 2 rings (SSSR count). The van der Waals surface area contributed by atoms with Crippen LogP contribution in [0.15, 0.2) is 48.5 Å². The van der Waals surface area contributed by atoms with Gasteiger partial charge >= 0.3 is 6.03 Å². The maximum atomic E-state index is 11.9. The highest BCUT2D eigenvalue weighted by Gasteiger charge is 2.11. The maximum absolute atomic E-state index is 11.9. The van der Waals surface area contributed by atoms with Crippen LogP contribution in [0.5, 0.6) is 17.2 Å². The number of imide groups is 1.